The fraction of sp³-hybridized carbons (Fsp3) is 0. The lowest BCUT2D eigenvalue weighted by Crippen LogP contribution is -2.03. The van der Waals surface area contributed by atoms with E-state index in [1.807, 2.05) is 0 Å². The van der Waals surface area contributed by atoms with Gasteiger partial charge >= 0.3 is 0 Å². The van der Waals surface area contributed by atoms with E-state index in [1.165, 1.54) is 18.2 Å². The molecule has 0 amide bonds. The maximum absolute atomic E-state index is 13.9. The third-order valence-electron chi connectivity index (χ3n) is 2.46. The fourth-order valence-electron chi connectivity index (χ4n) is 1.52. The van der Waals surface area contributed by atoms with Gasteiger partial charge in [-0.3, -0.25) is 0 Å². The number of rotatable bonds is 2. The monoisotopic (exact) mass is 303 g/mol. The van der Waals surface area contributed by atoms with E-state index in [4.69, 9.17) is 34.7 Å². The van der Waals surface area contributed by atoms with Gasteiger partial charge in [0.15, 0.2) is 5.82 Å². The van der Waals surface area contributed by atoms with E-state index in [2.05, 4.69) is 5.32 Å². The summed E-state index contributed by atoms with van der Waals surface area (Å²) in [5.41, 5.74) is 11.0. The van der Waals surface area contributed by atoms with Gasteiger partial charge in [0.05, 0.1) is 22.7 Å². The Balaban J connectivity index is 2.47. The molecule has 100 valence electrons. The Hall–Kier alpha value is -1.72. The van der Waals surface area contributed by atoms with Crippen LogP contribution in [0.25, 0.3) is 0 Å². The maximum Gasteiger partial charge on any atom is 0.169 e. The van der Waals surface area contributed by atoms with Crippen molar-refractivity contribution in [3.8, 4) is 0 Å². The highest BCUT2D eigenvalue weighted by atomic mass is 35.5. The van der Waals surface area contributed by atoms with Crippen molar-refractivity contribution in [2.24, 2.45) is 0 Å². The summed E-state index contributed by atoms with van der Waals surface area (Å²) >= 11 is 11.3. The van der Waals surface area contributed by atoms with Gasteiger partial charge in [-0.05, 0) is 24.3 Å². The Morgan fingerprint density at radius 3 is 2.32 bits per heavy atom. The van der Waals surface area contributed by atoms with Crippen LogP contribution in [-0.2, 0) is 0 Å². The summed E-state index contributed by atoms with van der Waals surface area (Å²) in [4.78, 5) is 0. The molecule has 19 heavy (non-hydrogen) atoms. The van der Waals surface area contributed by atoms with Crippen molar-refractivity contribution in [1.82, 2.24) is 0 Å². The van der Waals surface area contributed by atoms with Gasteiger partial charge in [-0.25, -0.2) is 8.78 Å². The highest BCUT2D eigenvalue weighted by Gasteiger charge is 2.15. The van der Waals surface area contributed by atoms with Gasteiger partial charge in [0.1, 0.15) is 10.8 Å². The number of hydrogen-bond donors (Lipinski definition) is 3. The van der Waals surface area contributed by atoms with Crippen LogP contribution in [0, 0.1) is 11.6 Å². The number of benzene rings is 2. The van der Waals surface area contributed by atoms with E-state index in [1.54, 1.807) is 0 Å². The molecule has 0 unspecified atom stereocenters. The minimum Gasteiger partial charge on any atom is -0.397 e. The van der Waals surface area contributed by atoms with Crippen molar-refractivity contribution in [3.05, 3.63) is 45.9 Å². The van der Waals surface area contributed by atoms with E-state index >= 15 is 0 Å². The van der Waals surface area contributed by atoms with E-state index < -0.39 is 11.6 Å². The summed E-state index contributed by atoms with van der Waals surface area (Å²) in [6.45, 7) is 0. The van der Waals surface area contributed by atoms with Gasteiger partial charge in [0.25, 0.3) is 0 Å². The molecule has 0 spiro atoms. The van der Waals surface area contributed by atoms with Crippen LogP contribution < -0.4 is 16.8 Å². The Bertz CT molecular complexity index is 647. The average molecular weight is 304 g/mol. The Morgan fingerprint density at radius 1 is 1.00 bits per heavy atom. The van der Waals surface area contributed by atoms with Crippen LogP contribution in [0.15, 0.2) is 24.3 Å². The summed E-state index contributed by atoms with van der Waals surface area (Å²) in [5, 5.41) is 2.49. The molecular formula is C12H9Cl2F2N3. The topological polar surface area (TPSA) is 64.1 Å². The van der Waals surface area contributed by atoms with Gasteiger partial charge in [-0.1, -0.05) is 23.2 Å². The zero-order valence-electron chi connectivity index (χ0n) is 9.48. The molecule has 2 aromatic rings. The van der Waals surface area contributed by atoms with Gasteiger partial charge in [0, 0.05) is 5.02 Å². The van der Waals surface area contributed by atoms with Gasteiger partial charge in [-0.2, -0.15) is 0 Å². The summed E-state index contributed by atoms with van der Waals surface area (Å²) in [6.07, 6.45) is 0. The zero-order chi connectivity index (χ0) is 14.2. The molecule has 7 heteroatoms. The largest absolute Gasteiger partial charge is 0.397 e. The molecule has 0 radical (unpaired) electrons. The number of nitrogen functional groups attached to an aromatic ring is 2. The van der Waals surface area contributed by atoms with Crippen molar-refractivity contribution in [1.29, 1.82) is 0 Å². The first-order valence-corrected chi connectivity index (χ1v) is 5.90. The van der Waals surface area contributed by atoms with Crippen LogP contribution in [0.5, 0.6) is 0 Å². The molecular weight excluding hydrogens is 295 g/mol. The molecule has 0 aliphatic heterocycles. The van der Waals surface area contributed by atoms with Gasteiger partial charge in [0.2, 0.25) is 0 Å². The molecule has 0 saturated carbocycles. The first kappa shape index (κ1) is 13.7. The molecule has 5 N–H and O–H groups in total. The second kappa shape index (κ2) is 5.11. The number of hydrogen-bond acceptors (Lipinski definition) is 3. The smallest absolute Gasteiger partial charge is 0.169 e. The van der Waals surface area contributed by atoms with E-state index in [-0.39, 0.29) is 32.8 Å². The Kier molecular flexibility index (Phi) is 3.68. The lowest BCUT2D eigenvalue weighted by Gasteiger charge is -2.13. The van der Waals surface area contributed by atoms with Crippen LogP contribution in [0.2, 0.25) is 10.0 Å². The molecule has 0 heterocycles. The molecule has 0 saturated heterocycles. The highest BCUT2D eigenvalue weighted by Crippen LogP contribution is 2.36. The predicted molar refractivity (Wildman–Crippen MR) is 74.9 cm³/mol. The summed E-state index contributed by atoms with van der Waals surface area (Å²) < 4.78 is 27.5. The Labute approximate surface area is 118 Å². The van der Waals surface area contributed by atoms with Crippen molar-refractivity contribution in [2.75, 3.05) is 16.8 Å². The summed E-state index contributed by atoms with van der Waals surface area (Å²) in [5.74, 6) is -1.48. The van der Waals surface area contributed by atoms with Crippen molar-refractivity contribution in [2.45, 2.75) is 0 Å². The molecule has 0 aliphatic carbocycles. The van der Waals surface area contributed by atoms with E-state index in [0.29, 0.717) is 0 Å². The van der Waals surface area contributed by atoms with Crippen LogP contribution in [0.4, 0.5) is 31.5 Å². The number of anilines is 4. The van der Waals surface area contributed by atoms with E-state index in [0.717, 1.165) is 6.07 Å². The third kappa shape index (κ3) is 2.67. The molecule has 3 nitrogen and oxygen atoms in total. The minimum atomic E-state index is -0.839. The molecule has 0 fully saturated rings. The van der Waals surface area contributed by atoms with Gasteiger partial charge in [-0.15, -0.1) is 0 Å². The molecule has 0 aromatic heterocycles. The first-order chi connectivity index (χ1) is 8.90. The minimum absolute atomic E-state index is 0.0128. The molecule has 0 atom stereocenters. The standard InChI is InChI=1S/C12H9Cl2F2N3/c13-5-1-2-9(6(15)3-5)19-12-8(18)4-7(17)10(14)11(12)16/h1-4,19H,17-18H2. The molecule has 2 rings (SSSR count). The summed E-state index contributed by atoms with van der Waals surface area (Å²) in [6, 6.07) is 5.21. The maximum atomic E-state index is 13.9. The second-order valence-electron chi connectivity index (χ2n) is 3.81. The van der Waals surface area contributed by atoms with Crippen LogP contribution >= 0.6 is 23.2 Å². The van der Waals surface area contributed by atoms with Crippen molar-refractivity contribution >= 4 is 46.0 Å². The highest BCUT2D eigenvalue weighted by molar-refractivity contribution is 6.33. The number of halogens is 4. The first-order valence-electron chi connectivity index (χ1n) is 5.15. The lowest BCUT2D eigenvalue weighted by atomic mass is 10.2. The Morgan fingerprint density at radius 2 is 1.68 bits per heavy atom. The van der Waals surface area contributed by atoms with Crippen LogP contribution in [-0.4, -0.2) is 0 Å². The number of nitrogens with one attached hydrogen (secondary N) is 1. The molecule has 0 aliphatic rings. The second-order valence-corrected chi connectivity index (χ2v) is 4.62. The van der Waals surface area contributed by atoms with E-state index in [9.17, 15) is 8.78 Å². The molecule has 2 aromatic carbocycles. The van der Waals surface area contributed by atoms with Crippen molar-refractivity contribution in [3.63, 3.8) is 0 Å². The SMILES string of the molecule is Nc1cc(N)c(Nc2ccc(Cl)cc2F)c(F)c1Cl. The van der Waals surface area contributed by atoms with Crippen molar-refractivity contribution < 1.29 is 8.78 Å². The van der Waals surface area contributed by atoms with Gasteiger partial charge < -0.3 is 16.8 Å². The average Bonchev–Trinajstić information content (AvgIpc) is 2.34. The zero-order valence-corrected chi connectivity index (χ0v) is 11.0. The quantitative estimate of drug-likeness (QED) is 0.729. The molecule has 0 bridgehead atoms. The van der Waals surface area contributed by atoms with Crippen LogP contribution in [0.1, 0.15) is 0 Å². The fourth-order valence-corrected chi connectivity index (χ4v) is 1.83. The summed E-state index contributed by atoms with van der Waals surface area (Å²) in [7, 11) is 0. The van der Waals surface area contributed by atoms with Crippen LogP contribution in [0.3, 0.4) is 0 Å². The predicted octanol–water partition coefficient (Wildman–Crippen LogP) is 4.18. The number of nitrogens with two attached hydrogens (primary N) is 2. The third-order valence-corrected chi connectivity index (χ3v) is 3.08. The lowest BCUT2D eigenvalue weighted by molar-refractivity contribution is 0.626. The normalized spacial score (nSPS) is 10.5.